The first-order chi connectivity index (χ1) is 10.4. The highest BCUT2D eigenvalue weighted by Gasteiger charge is 2.47. The molecule has 0 bridgehead atoms. The van der Waals surface area contributed by atoms with Crippen LogP contribution in [0.1, 0.15) is 31.2 Å². The summed E-state index contributed by atoms with van der Waals surface area (Å²) in [6.45, 7) is 0.701. The van der Waals surface area contributed by atoms with E-state index in [-0.39, 0.29) is 6.42 Å². The van der Waals surface area contributed by atoms with Crippen molar-refractivity contribution in [3.63, 3.8) is 0 Å². The van der Waals surface area contributed by atoms with Gasteiger partial charge >= 0.3 is 6.18 Å². The lowest BCUT2D eigenvalue weighted by atomic mass is 9.78. The van der Waals surface area contributed by atoms with Crippen LogP contribution in [-0.4, -0.2) is 19.1 Å². The van der Waals surface area contributed by atoms with Crippen LogP contribution in [-0.2, 0) is 11.3 Å². The highest BCUT2D eigenvalue weighted by molar-refractivity contribution is 5.92. The van der Waals surface area contributed by atoms with Crippen LogP contribution in [0.4, 0.5) is 18.9 Å². The first kappa shape index (κ1) is 16.8. The largest absolute Gasteiger partial charge is 0.392 e. The normalized spacial score (nSPS) is 22.4. The molecule has 2 rings (SSSR count). The number of carbonyl (C=O) groups excluding carboxylic acids is 1. The first-order valence-corrected chi connectivity index (χ1v) is 7.53. The summed E-state index contributed by atoms with van der Waals surface area (Å²) in [5.41, 5.74) is 1.59. The van der Waals surface area contributed by atoms with Gasteiger partial charge in [-0.1, -0.05) is 25.0 Å². The van der Waals surface area contributed by atoms with E-state index in [1.54, 1.807) is 12.1 Å². The third-order valence-corrected chi connectivity index (χ3v) is 4.13. The molecule has 0 heterocycles. The molecule has 1 aliphatic carbocycles. The summed E-state index contributed by atoms with van der Waals surface area (Å²) >= 11 is 0. The highest BCUT2D eigenvalue weighted by Crippen LogP contribution is 2.41. The molecule has 0 saturated heterocycles. The van der Waals surface area contributed by atoms with Crippen molar-refractivity contribution in [2.45, 2.75) is 38.4 Å². The number of hydrogen-bond donors (Lipinski definition) is 2. The topological polar surface area (TPSA) is 41.1 Å². The van der Waals surface area contributed by atoms with E-state index < -0.39 is 23.9 Å². The van der Waals surface area contributed by atoms with Gasteiger partial charge in [-0.05, 0) is 37.6 Å². The molecule has 2 unspecified atom stereocenters. The third-order valence-electron chi connectivity index (χ3n) is 4.13. The number of benzene rings is 1. The van der Waals surface area contributed by atoms with E-state index in [0.29, 0.717) is 31.5 Å². The molecule has 3 nitrogen and oxygen atoms in total. The van der Waals surface area contributed by atoms with Crippen molar-refractivity contribution in [2.75, 3.05) is 12.4 Å². The van der Waals surface area contributed by atoms with Gasteiger partial charge in [-0.2, -0.15) is 13.2 Å². The van der Waals surface area contributed by atoms with Gasteiger partial charge in [0, 0.05) is 18.2 Å². The maximum absolute atomic E-state index is 13.0. The van der Waals surface area contributed by atoms with Gasteiger partial charge in [0.25, 0.3) is 0 Å². The predicted molar refractivity (Wildman–Crippen MR) is 79.3 cm³/mol. The Balaban J connectivity index is 2.03. The standard InChI is InChI=1S/C16H21F3N2O/c1-20-10-11-6-8-12(9-7-11)21-15(22)13-4-2-3-5-14(13)16(17,18)19/h6-9,13-14,20H,2-5,10H2,1H3,(H,21,22). The zero-order chi connectivity index (χ0) is 16.2. The number of carbonyl (C=O) groups is 1. The molecule has 22 heavy (non-hydrogen) atoms. The summed E-state index contributed by atoms with van der Waals surface area (Å²) in [6.07, 6.45) is -2.76. The quantitative estimate of drug-likeness (QED) is 0.889. The Bertz CT molecular complexity index is 499. The lowest BCUT2D eigenvalue weighted by Crippen LogP contribution is -2.39. The summed E-state index contributed by atoms with van der Waals surface area (Å²) in [5.74, 6) is -3.03. The monoisotopic (exact) mass is 314 g/mol. The Hall–Kier alpha value is -1.56. The van der Waals surface area contributed by atoms with Crippen molar-refractivity contribution in [3.05, 3.63) is 29.8 Å². The van der Waals surface area contributed by atoms with Gasteiger partial charge in [-0.3, -0.25) is 4.79 Å². The maximum atomic E-state index is 13.0. The fourth-order valence-electron chi connectivity index (χ4n) is 2.98. The van der Waals surface area contributed by atoms with Gasteiger partial charge in [-0.15, -0.1) is 0 Å². The van der Waals surface area contributed by atoms with Crippen LogP contribution in [0.2, 0.25) is 0 Å². The molecule has 0 aromatic heterocycles. The Kier molecular flexibility index (Phi) is 5.45. The molecule has 6 heteroatoms. The highest BCUT2D eigenvalue weighted by atomic mass is 19.4. The summed E-state index contributed by atoms with van der Waals surface area (Å²) in [6, 6.07) is 7.12. The number of rotatable bonds is 4. The van der Waals surface area contributed by atoms with Crippen molar-refractivity contribution in [1.82, 2.24) is 5.32 Å². The molecule has 1 aliphatic rings. The van der Waals surface area contributed by atoms with Gasteiger partial charge < -0.3 is 10.6 Å². The molecule has 0 spiro atoms. The van der Waals surface area contributed by atoms with Crippen molar-refractivity contribution in [1.29, 1.82) is 0 Å². The first-order valence-electron chi connectivity index (χ1n) is 7.53. The minimum absolute atomic E-state index is 0.0443. The van der Waals surface area contributed by atoms with Crippen LogP contribution >= 0.6 is 0 Å². The smallest absolute Gasteiger partial charge is 0.326 e. The SMILES string of the molecule is CNCc1ccc(NC(=O)C2CCCCC2C(F)(F)F)cc1. The molecule has 1 aromatic rings. The van der Waals surface area contributed by atoms with Gasteiger partial charge in [0.2, 0.25) is 5.91 Å². The molecule has 122 valence electrons. The maximum Gasteiger partial charge on any atom is 0.392 e. The average molecular weight is 314 g/mol. The van der Waals surface area contributed by atoms with E-state index in [4.69, 9.17) is 0 Å². The molecular formula is C16H21F3N2O. The number of hydrogen-bond acceptors (Lipinski definition) is 2. The lowest BCUT2D eigenvalue weighted by Gasteiger charge is -2.32. The van der Waals surface area contributed by atoms with Crippen LogP contribution in [0.3, 0.4) is 0 Å². The second-order valence-corrected chi connectivity index (χ2v) is 5.76. The number of halogens is 3. The second-order valence-electron chi connectivity index (χ2n) is 5.76. The summed E-state index contributed by atoms with van der Waals surface area (Å²) in [7, 11) is 1.83. The van der Waals surface area contributed by atoms with Crippen molar-refractivity contribution >= 4 is 11.6 Å². The molecule has 1 saturated carbocycles. The van der Waals surface area contributed by atoms with Gasteiger partial charge in [0.15, 0.2) is 0 Å². The third kappa shape index (κ3) is 4.22. The van der Waals surface area contributed by atoms with Crippen LogP contribution in [0.25, 0.3) is 0 Å². The van der Waals surface area contributed by atoms with Crippen LogP contribution in [0.5, 0.6) is 0 Å². The van der Waals surface area contributed by atoms with Crippen molar-refractivity contribution in [2.24, 2.45) is 11.8 Å². The Morgan fingerprint density at radius 3 is 2.41 bits per heavy atom. The number of amides is 1. The Morgan fingerprint density at radius 2 is 1.82 bits per heavy atom. The molecule has 2 atom stereocenters. The Labute approximate surface area is 128 Å². The molecule has 1 amide bonds. The van der Waals surface area contributed by atoms with Gasteiger partial charge in [-0.25, -0.2) is 0 Å². The van der Waals surface area contributed by atoms with E-state index >= 15 is 0 Å². The molecule has 0 aliphatic heterocycles. The van der Waals surface area contributed by atoms with Gasteiger partial charge in [0.05, 0.1) is 5.92 Å². The van der Waals surface area contributed by atoms with Gasteiger partial charge in [0.1, 0.15) is 0 Å². The van der Waals surface area contributed by atoms with Crippen molar-refractivity contribution in [3.8, 4) is 0 Å². The predicted octanol–water partition coefficient (Wildman–Crippen LogP) is 3.71. The minimum atomic E-state index is -4.31. The van der Waals surface area contributed by atoms with E-state index in [1.807, 2.05) is 19.2 Å². The van der Waals surface area contributed by atoms with Crippen LogP contribution in [0.15, 0.2) is 24.3 Å². The second kappa shape index (κ2) is 7.13. The van der Waals surface area contributed by atoms with E-state index in [0.717, 1.165) is 5.56 Å². The number of nitrogens with one attached hydrogen (secondary N) is 2. The van der Waals surface area contributed by atoms with Crippen LogP contribution < -0.4 is 10.6 Å². The van der Waals surface area contributed by atoms with E-state index in [1.165, 1.54) is 0 Å². The summed E-state index contributed by atoms with van der Waals surface area (Å²) in [5, 5.41) is 5.63. The van der Waals surface area contributed by atoms with Crippen LogP contribution in [0, 0.1) is 11.8 Å². The summed E-state index contributed by atoms with van der Waals surface area (Å²) < 4.78 is 39.1. The zero-order valence-electron chi connectivity index (χ0n) is 12.5. The molecule has 1 aromatic carbocycles. The van der Waals surface area contributed by atoms with E-state index in [9.17, 15) is 18.0 Å². The van der Waals surface area contributed by atoms with E-state index in [2.05, 4.69) is 10.6 Å². The summed E-state index contributed by atoms with van der Waals surface area (Å²) in [4.78, 5) is 12.2. The van der Waals surface area contributed by atoms with Crippen molar-refractivity contribution < 1.29 is 18.0 Å². The molecule has 1 fully saturated rings. The fraction of sp³-hybridized carbons (Fsp3) is 0.562. The Morgan fingerprint density at radius 1 is 1.18 bits per heavy atom. The molecule has 0 radical (unpaired) electrons. The lowest BCUT2D eigenvalue weighted by molar-refractivity contribution is -0.197. The molecular weight excluding hydrogens is 293 g/mol. The number of anilines is 1. The zero-order valence-corrected chi connectivity index (χ0v) is 12.5. The average Bonchev–Trinajstić information content (AvgIpc) is 2.48. The fourth-order valence-corrected chi connectivity index (χ4v) is 2.98. The number of alkyl halides is 3. The minimum Gasteiger partial charge on any atom is -0.326 e. The molecule has 2 N–H and O–H groups in total.